The van der Waals surface area contributed by atoms with Gasteiger partial charge in [-0.15, -0.1) is 0 Å². The first-order valence-electron chi connectivity index (χ1n) is 7.56. The van der Waals surface area contributed by atoms with Crippen molar-refractivity contribution in [1.82, 2.24) is 4.98 Å². The van der Waals surface area contributed by atoms with E-state index < -0.39 is 0 Å². The molecule has 0 N–H and O–H groups in total. The molecular weight excluding hydrogens is 284 g/mol. The van der Waals surface area contributed by atoms with Gasteiger partial charge >= 0.3 is 0 Å². The third-order valence-electron chi connectivity index (χ3n) is 4.04. The van der Waals surface area contributed by atoms with E-state index in [0.717, 1.165) is 27.4 Å². The zero-order valence-electron chi connectivity index (χ0n) is 12.5. The van der Waals surface area contributed by atoms with Crippen LogP contribution >= 0.6 is 0 Å². The number of para-hydroxylation sites is 2. The minimum absolute atomic E-state index is 0.0945. The van der Waals surface area contributed by atoms with Crippen LogP contribution in [0.25, 0.3) is 21.8 Å². The summed E-state index contributed by atoms with van der Waals surface area (Å²) in [7, 11) is 0. The Morgan fingerprint density at radius 1 is 0.913 bits per heavy atom. The van der Waals surface area contributed by atoms with Crippen molar-refractivity contribution < 1.29 is 9.36 Å². The Kier molecular flexibility index (Phi) is 3.31. The Balaban J connectivity index is 1.70. The number of fused-ring (bicyclic) bond motifs is 2. The molecule has 0 aliphatic rings. The molecule has 110 valence electrons. The first kappa shape index (κ1) is 13.6. The average molecular weight is 299 g/mol. The van der Waals surface area contributed by atoms with E-state index in [1.165, 1.54) is 0 Å². The standard InChI is InChI=1S/C20H15N2O/c23-20(17-10-9-15-5-1-2-6-16(15)13-17)14-22-12-11-21-18-7-3-4-8-19(18)22/h1-13H,14H2/q+1. The Bertz CT molecular complexity index is 1020. The van der Waals surface area contributed by atoms with Crippen LogP contribution in [0.4, 0.5) is 0 Å². The van der Waals surface area contributed by atoms with E-state index in [0.29, 0.717) is 6.54 Å². The maximum absolute atomic E-state index is 12.7. The molecule has 0 aliphatic carbocycles. The molecule has 23 heavy (non-hydrogen) atoms. The van der Waals surface area contributed by atoms with Gasteiger partial charge in [0.2, 0.25) is 17.8 Å². The quantitative estimate of drug-likeness (QED) is 0.428. The zero-order chi connectivity index (χ0) is 15.6. The third-order valence-corrected chi connectivity index (χ3v) is 4.04. The molecule has 0 radical (unpaired) electrons. The van der Waals surface area contributed by atoms with Crippen molar-refractivity contribution in [1.29, 1.82) is 0 Å². The Labute approximate surface area is 133 Å². The number of hydrogen-bond acceptors (Lipinski definition) is 2. The largest absolute Gasteiger partial charge is 0.287 e. The molecule has 0 saturated carbocycles. The van der Waals surface area contributed by atoms with Gasteiger partial charge < -0.3 is 0 Å². The highest BCUT2D eigenvalue weighted by Crippen LogP contribution is 2.16. The maximum Gasteiger partial charge on any atom is 0.231 e. The van der Waals surface area contributed by atoms with Gasteiger partial charge in [0.1, 0.15) is 5.52 Å². The summed E-state index contributed by atoms with van der Waals surface area (Å²) in [6.45, 7) is 0.307. The zero-order valence-corrected chi connectivity index (χ0v) is 12.5. The molecule has 4 rings (SSSR count). The van der Waals surface area contributed by atoms with Crippen molar-refractivity contribution >= 4 is 27.6 Å². The minimum Gasteiger partial charge on any atom is -0.287 e. The monoisotopic (exact) mass is 299 g/mol. The lowest BCUT2D eigenvalue weighted by molar-refractivity contribution is -0.657. The minimum atomic E-state index is 0.0945. The molecule has 0 fully saturated rings. The number of carbonyl (C=O) groups is 1. The second kappa shape index (κ2) is 5.61. The van der Waals surface area contributed by atoms with E-state index in [2.05, 4.69) is 11.1 Å². The molecule has 3 heteroatoms. The summed E-state index contributed by atoms with van der Waals surface area (Å²) in [6, 6.07) is 21.8. The maximum atomic E-state index is 12.7. The van der Waals surface area contributed by atoms with Crippen LogP contribution in [0.1, 0.15) is 10.4 Å². The molecule has 4 aromatic rings. The molecule has 0 unspecified atom stereocenters. The SMILES string of the molecule is O=C(C[n+]1ccnc2ccccc21)c1ccc2ccccc2c1. The summed E-state index contributed by atoms with van der Waals surface area (Å²) >= 11 is 0. The fourth-order valence-electron chi connectivity index (χ4n) is 2.84. The lowest BCUT2D eigenvalue weighted by atomic mass is 10.0. The highest BCUT2D eigenvalue weighted by atomic mass is 16.1. The Morgan fingerprint density at radius 2 is 1.70 bits per heavy atom. The van der Waals surface area contributed by atoms with Crippen molar-refractivity contribution in [3.63, 3.8) is 0 Å². The van der Waals surface area contributed by atoms with Gasteiger partial charge in [-0.2, -0.15) is 4.57 Å². The van der Waals surface area contributed by atoms with Crippen LogP contribution in [0, 0.1) is 0 Å². The van der Waals surface area contributed by atoms with Crippen molar-refractivity contribution in [3.8, 4) is 0 Å². The van der Waals surface area contributed by atoms with Crippen LogP contribution in [-0.2, 0) is 6.54 Å². The van der Waals surface area contributed by atoms with E-state index in [9.17, 15) is 4.79 Å². The molecule has 0 atom stereocenters. The van der Waals surface area contributed by atoms with Crippen molar-refractivity contribution in [2.75, 3.05) is 0 Å². The van der Waals surface area contributed by atoms with Gasteiger partial charge in [-0.1, -0.05) is 48.5 Å². The molecule has 0 bridgehead atoms. The Morgan fingerprint density at radius 3 is 2.61 bits per heavy atom. The number of rotatable bonds is 3. The fourth-order valence-corrected chi connectivity index (χ4v) is 2.84. The fraction of sp³-hybridized carbons (Fsp3) is 0.0500. The summed E-state index contributed by atoms with van der Waals surface area (Å²) in [5.41, 5.74) is 2.59. The predicted octanol–water partition coefficient (Wildman–Crippen LogP) is 3.56. The van der Waals surface area contributed by atoms with Crippen LogP contribution in [-0.4, -0.2) is 10.8 Å². The number of Topliss-reactive ketones (excluding diaryl/α,β-unsaturated/α-hetero) is 1. The van der Waals surface area contributed by atoms with Crippen LogP contribution in [0.15, 0.2) is 79.1 Å². The number of carbonyl (C=O) groups excluding carboxylic acids is 1. The molecule has 0 aliphatic heterocycles. The van der Waals surface area contributed by atoms with Crippen LogP contribution in [0.2, 0.25) is 0 Å². The van der Waals surface area contributed by atoms with E-state index in [1.807, 2.05) is 71.4 Å². The van der Waals surface area contributed by atoms with Gasteiger partial charge in [-0.25, -0.2) is 4.98 Å². The molecule has 3 aromatic carbocycles. The van der Waals surface area contributed by atoms with E-state index in [-0.39, 0.29) is 5.78 Å². The van der Waals surface area contributed by atoms with Crippen LogP contribution in [0.3, 0.4) is 0 Å². The smallest absolute Gasteiger partial charge is 0.231 e. The van der Waals surface area contributed by atoms with Crippen LogP contribution in [0.5, 0.6) is 0 Å². The number of benzene rings is 3. The Hall–Kier alpha value is -3.07. The van der Waals surface area contributed by atoms with Gasteiger partial charge in [0.15, 0.2) is 6.20 Å². The summed E-state index contributed by atoms with van der Waals surface area (Å²) in [4.78, 5) is 17.0. The van der Waals surface area contributed by atoms with Gasteiger partial charge in [-0.05, 0) is 22.9 Å². The van der Waals surface area contributed by atoms with Gasteiger partial charge in [0.05, 0.1) is 6.20 Å². The lowest BCUT2D eigenvalue weighted by Crippen LogP contribution is -2.38. The van der Waals surface area contributed by atoms with Gasteiger partial charge in [0, 0.05) is 11.6 Å². The number of hydrogen-bond donors (Lipinski definition) is 0. The molecule has 0 saturated heterocycles. The second-order valence-corrected chi connectivity index (χ2v) is 5.53. The predicted molar refractivity (Wildman–Crippen MR) is 90.2 cm³/mol. The number of ketones is 1. The third kappa shape index (κ3) is 2.57. The molecule has 0 amide bonds. The molecule has 1 aromatic heterocycles. The van der Waals surface area contributed by atoms with Crippen LogP contribution < -0.4 is 4.57 Å². The summed E-state index contributed by atoms with van der Waals surface area (Å²) < 4.78 is 1.94. The van der Waals surface area contributed by atoms with E-state index >= 15 is 0 Å². The summed E-state index contributed by atoms with van der Waals surface area (Å²) in [5, 5.41) is 2.23. The summed E-state index contributed by atoms with van der Waals surface area (Å²) in [5.74, 6) is 0.0945. The molecule has 1 heterocycles. The van der Waals surface area contributed by atoms with Crippen molar-refractivity contribution in [2.24, 2.45) is 0 Å². The van der Waals surface area contributed by atoms with E-state index in [4.69, 9.17) is 0 Å². The van der Waals surface area contributed by atoms with Crippen molar-refractivity contribution in [2.45, 2.75) is 6.54 Å². The first-order valence-corrected chi connectivity index (χ1v) is 7.56. The highest BCUT2D eigenvalue weighted by Gasteiger charge is 2.15. The first-order chi connectivity index (χ1) is 11.3. The second-order valence-electron chi connectivity index (χ2n) is 5.53. The molecular formula is C20H15N2O+. The topological polar surface area (TPSA) is 33.8 Å². The average Bonchev–Trinajstić information content (AvgIpc) is 2.61. The summed E-state index contributed by atoms with van der Waals surface area (Å²) in [6.07, 6.45) is 3.58. The highest BCUT2D eigenvalue weighted by molar-refractivity contribution is 5.99. The van der Waals surface area contributed by atoms with Gasteiger partial charge in [0.25, 0.3) is 0 Å². The van der Waals surface area contributed by atoms with E-state index in [1.54, 1.807) is 6.20 Å². The lowest BCUT2D eigenvalue weighted by Gasteiger charge is -2.03. The number of aromatic nitrogens is 2. The van der Waals surface area contributed by atoms with Crippen molar-refractivity contribution in [3.05, 3.63) is 84.7 Å². The van der Waals surface area contributed by atoms with Gasteiger partial charge in [-0.3, -0.25) is 4.79 Å². The number of nitrogens with zero attached hydrogens (tertiary/aromatic N) is 2. The molecule has 0 spiro atoms. The normalized spacial score (nSPS) is 11.0. The molecule has 3 nitrogen and oxygen atoms in total.